The molecular formula is C26H26ClNO. The van der Waals surface area contributed by atoms with E-state index in [1.807, 2.05) is 12.1 Å². The first-order valence-corrected chi connectivity index (χ1v) is 10.5. The Labute approximate surface area is 177 Å². The summed E-state index contributed by atoms with van der Waals surface area (Å²) in [5.74, 6) is 1.35. The first-order valence-electron chi connectivity index (χ1n) is 10.0. The number of alkyl halides is 1. The summed E-state index contributed by atoms with van der Waals surface area (Å²) in [6.45, 7) is 7.88. The van der Waals surface area contributed by atoms with Crippen LogP contribution in [0.1, 0.15) is 22.3 Å². The zero-order chi connectivity index (χ0) is 20.4. The molecule has 0 spiro atoms. The van der Waals surface area contributed by atoms with Crippen LogP contribution in [-0.4, -0.2) is 17.1 Å². The highest BCUT2D eigenvalue weighted by Crippen LogP contribution is 2.35. The summed E-state index contributed by atoms with van der Waals surface area (Å²) in [6.07, 6.45) is 0. The summed E-state index contributed by atoms with van der Waals surface area (Å²) in [6, 6.07) is 23.8. The molecule has 0 saturated carbocycles. The van der Waals surface area contributed by atoms with Crippen LogP contribution < -0.4 is 4.74 Å². The van der Waals surface area contributed by atoms with Gasteiger partial charge in [0.2, 0.25) is 0 Å². The molecule has 148 valence electrons. The molecule has 0 fully saturated rings. The third-order valence-corrected chi connectivity index (χ3v) is 5.53. The normalized spacial score (nSPS) is 11.2. The summed E-state index contributed by atoms with van der Waals surface area (Å²) < 4.78 is 8.05. The summed E-state index contributed by atoms with van der Waals surface area (Å²) in [5, 5.41) is 1.32. The van der Waals surface area contributed by atoms with E-state index in [2.05, 4.69) is 79.9 Å². The highest BCUT2D eigenvalue weighted by atomic mass is 35.5. The molecule has 0 bridgehead atoms. The van der Waals surface area contributed by atoms with E-state index in [0.29, 0.717) is 12.5 Å². The lowest BCUT2D eigenvalue weighted by atomic mass is 10.0. The van der Waals surface area contributed by atoms with Gasteiger partial charge in [-0.3, -0.25) is 0 Å². The van der Waals surface area contributed by atoms with E-state index >= 15 is 0 Å². The number of hydrogen-bond acceptors (Lipinski definition) is 1. The fourth-order valence-corrected chi connectivity index (χ4v) is 4.07. The van der Waals surface area contributed by atoms with Gasteiger partial charge in [0.1, 0.15) is 12.4 Å². The van der Waals surface area contributed by atoms with Gasteiger partial charge in [-0.25, -0.2) is 0 Å². The van der Waals surface area contributed by atoms with Gasteiger partial charge in [0.05, 0.1) is 11.6 Å². The van der Waals surface area contributed by atoms with Crippen molar-refractivity contribution in [1.82, 2.24) is 4.57 Å². The maximum absolute atomic E-state index is 5.72. The zero-order valence-electron chi connectivity index (χ0n) is 17.2. The maximum atomic E-state index is 5.72. The number of aromatic nitrogens is 1. The Balaban J connectivity index is 1.81. The molecule has 1 heterocycles. The Bertz CT molecular complexity index is 1140. The van der Waals surface area contributed by atoms with E-state index in [1.165, 1.54) is 44.4 Å². The Kier molecular flexibility index (Phi) is 5.64. The molecule has 3 aromatic carbocycles. The molecule has 29 heavy (non-hydrogen) atoms. The molecule has 0 aliphatic heterocycles. The van der Waals surface area contributed by atoms with E-state index in [1.54, 1.807) is 0 Å². The molecule has 4 aromatic rings. The zero-order valence-corrected chi connectivity index (χ0v) is 18.0. The highest BCUT2D eigenvalue weighted by Gasteiger charge is 2.16. The van der Waals surface area contributed by atoms with Crippen LogP contribution >= 0.6 is 11.6 Å². The number of halogens is 1. The second-order valence-electron chi connectivity index (χ2n) is 7.63. The van der Waals surface area contributed by atoms with Crippen LogP contribution in [-0.2, 0) is 6.54 Å². The molecular weight excluding hydrogens is 378 g/mol. The topological polar surface area (TPSA) is 14.2 Å². The van der Waals surface area contributed by atoms with Crippen molar-refractivity contribution in [2.45, 2.75) is 27.3 Å². The van der Waals surface area contributed by atoms with Gasteiger partial charge in [-0.2, -0.15) is 0 Å². The largest absolute Gasteiger partial charge is 0.492 e. The van der Waals surface area contributed by atoms with Crippen LogP contribution in [0.3, 0.4) is 0 Å². The van der Waals surface area contributed by atoms with Crippen molar-refractivity contribution >= 4 is 22.5 Å². The third kappa shape index (κ3) is 4.04. The minimum atomic E-state index is 0.496. The summed E-state index contributed by atoms with van der Waals surface area (Å²) >= 11 is 5.72. The molecule has 0 N–H and O–H groups in total. The predicted molar refractivity (Wildman–Crippen MR) is 123 cm³/mol. The Morgan fingerprint density at radius 1 is 0.862 bits per heavy atom. The average molecular weight is 404 g/mol. The van der Waals surface area contributed by atoms with Crippen LogP contribution in [0, 0.1) is 20.8 Å². The van der Waals surface area contributed by atoms with E-state index in [9.17, 15) is 0 Å². The molecule has 2 nitrogen and oxygen atoms in total. The van der Waals surface area contributed by atoms with Gasteiger partial charge in [0, 0.05) is 17.4 Å². The lowest BCUT2D eigenvalue weighted by molar-refractivity contribution is 0.342. The van der Waals surface area contributed by atoms with Crippen molar-refractivity contribution in [2.24, 2.45) is 0 Å². The predicted octanol–water partition coefficient (Wildman–Crippen LogP) is 6.90. The van der Waals surface area contributed by atoms with Gasteiger partial charge >= 0.3 is 0 Å². The van der Waals surface area contributed by atoms with Crippen LogP contribution in [0.15, 0.2) is 66.7 Å². The lowest BCUT2D eigenvalue weighted by Crippen LogP contribution is -2.03. The van der Waals surface area contributed by atoms with Gasteiger partial charge < -0.3 is 9.30 Å². The summed E-state index contributed by atoms with van der Waals surface area (Å²) in [4.78, 5) is 0. The average Bonchev–Trinajstić information content (AvgIpc) is 2.98. The van der Waals surface area contributed by atoms with E-state index < -0.39 is 0 Å². The number of fused-ring (bicyclic) bond motifs is 1. The molecule has 3 heteroatoms. The van der Waals surface area contributed by atoms with Crippen molar-refractivity contribution in [2.75, 3.05) is 12.5 Å². The van der Waals surface area contributed by atoms with E-state index in [-0.39, 0.29) is 0 Å². The summed E-state index contributed by atoms with van der Waals surface area (Å²) in [7, 11) is 0. The van der Waals surface area contributed by atoms with Gasteiger partial charge in [-0.15, -0.1) is 11.6 Å². The van der Waals surface area contributed by atoms with E-state index in [4.69, 9.17) is 16.3 Å². The molecule has 0 radical (unpaired) electrons. The Morgan fingerprint density at radius 2 is 1.62 bits per heavy atom. The lowest BCUT2D eigenvalue weighted by Gasteiger charge is -2.13. The van der Waals surface area contributed by atoms with Gasteiger partial charge in [-0.05, 0) is 67.8 Å². The van der Waals surface area contributed by atoms with Crippen LogP contribution in [0.25, 0.3) is 22.2 Å². The minimum absolute atomic E-state index is 0.496. The number of ether oxygens (including phenoxy) is 1. The second-order valence-corrected chi connectivity index (χ2v) is 8.01. The molecule has 0 aliphatic carbocycles. The smallest absolute Gasteiger partial charge is 0.119 e. The molecule has 0 atom stereocenters. The number of nitrogens with zero attached hydrogens (tertiary/aromatic N) is 1. The second kappa shape index (κ2) is 8.34. The molecule has 0 saturated heterocycles. The van der Waals surface area contributed by atoms with Crippen LogP contribution in [0.2, 0.25) is 0 Å². The minimum Gasteiger partial charge on any atom is -0.492 e. The maximum Gasteiger partial charge on any atom is 0.119 e. The van der Waals surface area contributed by atoms with E-state index in [0.717, 1.165) is 12.3 Å². The van der Waals surface area contributed by atoms with Crippen molar-refractivity contribution < 1.29 is 4.74 Å². The molecule has 1 aromatic heterocycles. The number of aryl methyl sites for hydroxylation is 3. The molecule has 0 amide bonds. The Hall–Kier alpha value is -2.71. The van der Waals surface area contributed by atoms with Crippen molar-refractivity contribution in [3.05, 3.63) is 89.0 Å². The monoisotopic (exact) mass is 403 g/mol. The summed E-state index contributed by atoms with van der Waals surface area (Å²) in [5.41, 5.74) is 8.96. The van der Waals surface area contributed by atoms with Crippen LogP contribution in [0.4, 0.5) is 0 Å². The SMILES string of the molecule is Cc1cccc(-c2c(C)c3cc(C)ccc3n2Cc2ccc(OCCCl)cc2)c1. The third-order valence-electron chi connectivity index (χ3n) is 5.37. The van der Waals surface area contributed by atoms with Gasteiger partial charge in [0.25, 0.3) is 0 Å². The standard InChI is InChI=1S/C26H26ClNO/c1-18-5-4-6-22(15-18)26-20(3)24-16-19(2)7-12-25(24)28(26)17-21-8-10-23(11-9-21)29-14-13-27/h4-12,15-16H,13-14,17H2,1-3H3. The highest BCUT2D eigenvalue weighted by molar-refractivity contribution is 6.18. The number of hydrogen-bond donors (Lipinski definition) is 0. The fourth-order valence-electron chi connectivity index (χ4n) is 4.00. The fraction of sp³-hybridized carbons (Fsp3) is 0.231. The van der Waals surface area contributed by atoms with Gasteiger partial charge in [-0.1, -0.05) is 47.5 Å². The van der Waals surface area contributed by atoms with Crippen molar-refractivity contribution in [1.29, 1.82) is 0 Å². The molecule has 0 aliphatic rings. The number of rotatable bonds is 6. The number of benzene rings is 3. The van der Waals surface area contributed by atoms with Crippen molar-refractivity contribution in [3.8, 4) is 17.0 Å². The van der Waals surface area contributed by atoms with Crippen LogP contribution in [0.5, 0.6) is 5.75 Å². The first kappa shape index (κ1) is 19.6. The Morgan fingerprint density at radius 3 is 2.34 bits per heavy atom. The first-order chi connectivity index (χ1) is 14.1. The molecule has 4 rings (SSSR count). The van der Waals surface area contributed by atoms with Gasteiger partial charge in [0.15, 0.2) is 0 Å². The quantitative estimate of drug-likeness (QED) is 0.319. The van der Waals surface area contributed by atoms with Crippen molar-refractivity contribution in [3.63, 3.8) is 0 Å². The molecule has 0 unspecified atom stereocenters.